The predicted octanol–water partition coefficient (Wildman–Crippen LogP) is 5.48. The van der Waals surface area contributed by atoms with Gasteiger partial charge in [-0.25, -0.2) is 0 Å². The van der Waals surface area contributed by atoms with Gasteiger partial charge in [0.1, 0.15) is 0 Å². The largest absolute Gasteiger partial charge is 0.389 e. The van der Waals surface area contributed by atoms with Crippen molar-refractivity contribution >= 4 is 0 Å². The Labute approximate surface area is 165 Å². The fourth-order valence-electron chi connectivity index (χ4n) is 5.16. The van der Waals surface area contributed by atoms with Crippen LogP contribution in [0.1, 0.15) is 82.0 Å². The summed E-state index contributed by atoms with van der Waals surface area (Å²) in [7, 11) is 0. The summed E-state index contributed by atoms with van der Waals surface area (Å²) < 4.78 is 13.4. The standard InChI is InChI=1S/C24H38FNO/c1-4-6-7-19-8-9-20-10-13-26-17-21(14-18(3)5-2)24(27,11-12-25)16-23(26)22(20)15-19/h8-9,15,18,21,23,27H,4-7,10-14,16-17H2,1-3H3/t18?,21-,23-,24+/m0/s1. The molecular weight excluding hydrogens is 337 g/mol. The van der Waals surface area contributed by atoms with Gasteiger partial charge in [0.15, 0.2) is 0 Å². The van der Waals surface area contributed by atoms with E-state index in [1.54, 1.807) is 0 Å². The molecule has 3 heteroatoms. The van der Waals surface area contributed by atoms with E-state index in [1.165, 1.54) is 29.5 Å². The molecule has 0 aromatic heterocycles. The van der Waals surface area contributed by atoms with Crippen molar-refractivity contribution in [1.29, 1.82) is 0 Å². The first-order valence-electron chi connectivity index (χ1n) is 11.1. The molecule has 1 fully saturated rings. The Morgan fingerprint density at radius 2 is 2.15 bits per heavy atom. The normalized spacial score (nSPS) is 29.2. The number of halogens is 1. The average Bonchev–Trinajstić information content (AvgIpc) is 2.67. The van der Waals surface area contributed by atoms with Gasteiger partial charge in [-0.3, -0.25) is 9.29 Å². The second-order valence-electron chi connectivity index (χ2n) is 9.09. The number of aliphatic hydroxyl groups is 1. The number of unbranched alkanes of at least 4 members (excludes halogenated alkanes) is 1. The molecule has 3 rings (SSSR count). The number of aryl methyl sites for hydroxylation is 1. The van der Waals surface area contributed by atoms with Gasteiger partial charge in [0, 0.05) is 31.5 Å². The molecule has 0 radical (unpaired) electrons. The van der Waals surface area contributed by atoms with E-state index < -0.39 is 12.3 Å². The van der Waals surface area contributed by atoms with E-state index in [9.17, 15) is 9.50 Å². The molecular formula is C24H38FNO. The van der Waals surface area contributed by atoms with Gasteiger partial charge in [-0.2, -0.15) is 0 Å². The minimum absolute atomic E-state index is 0.185. The number of hydrogen-bond donors (Lipinski definition) is 1. The van der Waals surface area contributed by atoms with Crippen molar-refractivity contribution in [2.75, 3.05) is 19.8 Å². The number of nitrogens with zero attached hydrogens (tertiary/aromatic N) is 1. The molecule has 0 spiro atoms. The molecule has 1 aromatic carbocycles. The minimum atomic E-state index is -0.868. The van der Waals surface area contributed by atoms with Crippen molar-refractivity contribution < 1.29 is 9.50 Å². The van der Waals surface area contributed by atoms with Crippen LogP contribution < -0.4 is 0 Å². The van der Waals surface area contributed by atoms with Crippen LogP contribution in [0.5, 0.6) is 0 Å². The molecule has 1 aromatic rings. The molecule has 1 N–H and O–H groups in total. The van der Waals surface area contributed by atoms with E-state index in [-0.39, 0.29) is 18.4 Å². The highest BCUT2D eigenvalue weighted by Gasteiger charge is 2.47. The van der Waals surface area contributed by atoms with Crippen molar-refractivity contribution in [2.24, 2.45) is 11.8 Å². The number of hydrogen-bond acceptors (Lipinski definition) is 2. The van der Waals surface area contributed by atoms with Crippen LogP contribution in [0.25, 0.3) is 0 Å². The zero-order valence-corrected chi connectivity index (χ0v) is 17.5. The summed E-state index contributed by atoms with van der Waals surface area (Å²) in [5.41, 5.74) is 3.37. The number of rotatable bonds is 8. The molecule has 2 heterocycles. The van der Waals surface area contributed by atoms with Crippen LogP contribution >= 0.6 is 0 Å². The molecule has 2 nitrogen and oxygen atoms in total. The van der Waals surface area contributed by atoms with Crippen LogP contribution in [0.3, 0.4) is 0 Å². The van der Waals surface area contributed by atoms with Crippen LogP contribution in [0.4, 0.5) is 4.39 Å². The lowest BCUT2D eigenvalue weighted by Crippen LogP contribution is -2.55. The Morgan fingerprint density at radius 1 is 1.33 bits per heavy atom. The summed E-state index contributed by atoms with van der Waals surface area (Å²) in [5.74, 6) is 0.764. The lowest BCUT2D eigenvalue weighted by atomic mass is 9.69. The van der Waals surface area contributed by atoms with Crippen LogP contribution in [-0.2, 0) is 12.8 Å². The monoisotopic (exact) mass is 375 g/mol. The molecule has 0 amide bonds. The fourth-order valence-corrected chi connectivity index (χ4v) is 5.16. The summed E-state index contributed by atoms with van der Waals surface area (Å²) in [4.78, 5) is 2.58. The molecule has 152 valence electrons. The Morgan fingerprint density at radius 3 is 2.85 bits per heavy atom. The lowest BCUT2D eigenvalue weighted by Gasteiger charge is -2.52. The maximum Gasteiger partial charge on any atom is 0.0922 e. The fraction of sp³-hybridized carbons (Fsp3) is 0.750. The zero-order valence-electron chi connectivity index (χ0n) is 17.5. The van der Waals surface area contributed by atoms with Gasteiger partial charge in [-0.15, -0.1) is 0 Å². The minimum Gasteiger partial charge on any atom is -0.389 e. The number of benzene rings is 1. The molecule has 0 aliphatic carbocycles. The average molecular weight is 376 g/mol. The summed E-state index contributed by atoms with van der Waals surface area (Å²) in [6.45, 7) is 8.24. The first-order chi connectivity index (χ1) is 13.0. The molecule has 2 aliphatic heterocycles. The van der Waals surface area contributed by atoms with Gasteiger partial charge in [0.25, 0.3) is 0 Å². The summed E-state index contributed by atoms with van der Waals surface area (Å²) in [5, 5.41) is 11.5. The van der Waals surface area contributed by atoms with E-state index >= 15 is 0 Å². The highest BCUT2D eigenvalue weighted by molar-refractivity contribution is 5.37. The first kappa shape index (κ1) is 20.8. The summed E-state index contributed by atoms with van der Waals surface area (Å²) in [6, 6.07) is 7.22. The smallest absolute Gasteiger partial charge is 0.0922 e. The number of fused-ring (bicyclic) bond motifs is 3. The predicted molar refractivity (Wildman–Crippen MR) is 111 cm³/mol. The van der Waals surface area contributed by atoms with Crippen molar-refractivity contribution in [3.63, 3.8) is 0 Å². The molecule has 4 atom stereocenters. The topological polar surface area (TPSA) is 23.5 Å². The third-order valence-electron chi connectivity index (χ3n) is 7.17. The van der Waals surface area contributed by atoms with Gasteiger partial charge >= 0.3 is 0 Å². The van der Waals surface area contributed by atoms with E-state index in [4.69, 9.17) is 0 Å². The SMILES string of the molecule is CCCCc1ccc2c(c1)[C@@H]1C[C@](O)(CCF)[C@@H](CC(C)CC)CN1CC2. The van der Waals surface area contributed by atoms with E-state index in [0.717, 1.165) is 38.8 Å². The van der Waals surface area contributed by atoms with E-state index in [2.05, 4.69) is 43.9 Å². The van der Waals surface area contributed by atoms with Crippen LogP contribution in [0.15, 0.2) is 18.2 Å². The maximum atomic E-state index is 13.4. The summed E-state index contributed by atoms with van der Waals surface area (Å²) in [6.07, 6.45) is 7.73. The first-order valence-corrected chi connectivity index (χ1v) is 11.1. The third-order valence-corrected chi connectivity index (χ3v) is 7.17. The quantitative estimate of drug-likeness (QED) is 0.651. The Kier molecular flexibility index (Phi) is 6.97. The van der Waals surface area contributed by atoms with Crippen molar-refractivity contribution in [2.45, 2.75) is 83.8 Å². The van der Waals surface area contributed by atoms with Gasteiger partial charge < -0.3 is 5.11 Å². The number of alkyl halides is 1. The van der Waals surface area contributed by atoms with Crippen LogP contribution in [-0.4, -0.2) is 35.4 Å². The maximum absolute atomic E-state index is 13.4. The molecule has 0 saturated carbocycles. The lowest BCUT2D eigenvalue weighted by molar-refractivity contribution is -0.111. The third kappa shape index (κ3) is 4.56. The summed E-state index contributed by atoms with van der Waals surface area (Å²) >= 11 is 0. The number of piperidine rings is 1. The molecule has 0 bridgehead atoms. The highest BCUT2D eigenvalue weighted by Crippen LogP contribution is 2.46. The zero-order chi connectivity index (χ0) is 19.4. The van der Waals surface area contributed by atoms with E-state index in [0.29, 0.717) is 12.3 Å². The Bertz CT molecular complexity index is 618. The van der Waals surface area contributed by atoms with Gasteiger partial charge in [0.2, 0.25) is 0 Å². The van der Waals surface area contributed by atoms with Crippen molar-refractivity contribution in [3.05, 3.63) is 34.9 Å². The molecule has 1 saturated heterocycles. The van der Waals surface area contributed by atoms with Crippen LogP contribution in [0, 0.1) is 11.8 Å². The molecule has 2 aliphatic rings. The Hall–Kier alpha value is -0.930. The highest BCUT2D eigenvalue weighted by atomic mass is 19.1. The molecule has 1 unspecified atom stereocenters. The van der Waals surface area contributed by atoms with E-state index in [1.807, 2.05) is 0 Å². The second-order valence-corrected chi connectivity index (χ2v) is 9.09. The van der Waals surface area contributed by atoms with Gasteiger partial charge in [-0.1, -0.05) is 51.8 Å². The Balaban J connectivity index is 1.86. The van der Waals surface area contributed by atoms with Crippen molar-refractivity contribution in [1.82, 2.24) is 4.90 Å². The van der Waals surface area contributed by atoms with Crippen LogP contribution in [0.2, 0.25) is 0 Å². The van der Waals surface area contributed by atoms with Gasteiger partial charge in [0.05, 0.1) is 12.3 Å². The van der Waals surface area contributed by atoms with Gasteiger partial charge in [-0.05, 0) is 54.7 Å². The van der Waals surface area contributed by atoms with Crippen molar-refractivity contribution in [3.8, 4) is 0 Å². The second kappa shape index (κ2) is 9.05. The molecule has 27 heavy (non-hydrogen) atoms.